The number of hydrogen-bond donors (Lipinski definition) is 1. The van der Waals surface area contributed by atoms with Gasteiger partial charge in [-0.1, -0.05) is 24.6 Å². The van der Waals surface area contributed by atoms with Crippen LogP contribution in [0.2, 0.25) is 0 Å². The average molecular weight is 271 g/mol. The van der Waals surface area contributed by atoms with Crippen molar-refractivity contribution in [1.82, 2.24) is 4.98 Å². The third-order valence-corrected chi connectivity index (χ3v) is 4.56. The number of hydrogen-bond acceptors (Lipinski definition) is 2. The maximum Gasteiger partial charge on any atom is 0.123 e. The van der Waals surface area contributed by atoms with Gasteiger partial charge in [0.15, 0.2) is 0 Å². The monoisotopic (exact) mass is 271 g/mol. The Hall–Kier alpha value is -1.74. The fourth-order valence-electron chi connectivity index (χ4n) is 3.31. The number of rotatable bonds is 4. The summed E-state index contributed by atoms with van der Waals surface area (Å²) in [5.41, 5.74) is 1.92. The highest BCUT2D eigenvalue weighted by Gasteiger charge is 2.46. The Labute approximate surface area is 118 Å². The first-order chi connectivity index (χ1) is 9.76. The third kappa shape index (κ3) is 2.12. The predicted molar refractivity (Wildman–Crippen MR) is 76.0 cm³/mol. The van der Waals surface area contributed by atoms with Crippen LogP contribution < -0.4 is 0 Å². The van der Waals surface area contributed by atoms with Crippen LogP contribution in [0.25, 0.3) is 0 Å². The molecule has 2 nitrogen and oxygen atoms in total. The van der Waals surface area contributed by atoms with E-state index in [4.69, 9.17) is 0 Å². The lowest BCUT2D eigenvalue weighted by Crippen LogP contribution is -2.42. The average Bonchev–Trinajstić information content (AvgIpc) is 2.45. The molecule has 1 aromatic heterocycles. The smallest absolute Gasteiger partial charge is 0.123 e. The second kappa shape index (κ2) is 5.33. The summed E-state index contributed by atoms with van der Waals surface area (Å²) in [4.78, 5) is 4.41. The van der Waals surface area contributed by atoms with Gasteiger partial charge in [-0.2, -0.15) is 0 Å². The van der Waals surface area contributed by atoms with Gasteiger partial charge >= 0.3 is 0 Å². The summed E-state index contributed by atoms with van der Waals surface area (Å²) in [5, 5.41) is 9.88. The molecule has 1 aliphatic rings. The van der Waals surface area contributed by atoms with Crippen molar-refractivity contribution in [1.29, 1.82) is 0 Å². The SMILES string of the molecule is OCC(c1ccccn1)C1(c2ccc(F)cc2)CCC1. The van der Waals surface area contributed by atoms with Gasteiger partial charge < -0.3 is 5.11 Å². The molecule has 1 heterocycles. The molecule has 1 aliphatic carbocycles. The third-order valence-electron chi connectivity index (χ3n) is 4.56. The van der Waals surface area contributed by atoms with Crippen molar-refractivity contribution in [2.75, 3.05) is 6.61 Å². The molecule has 1 aromatic carbocycles. The van der Waals surface area contributed by atoms with E-state index < -0.39 is 0 Å². The molecule has 3 rings (SSSR count). The van der Waals surface area contributed by atoms with Crippen molar-refractivity contribution in [3.8, 4) is 0 Å². The quantitative estimate of drug-likeness (QED) is 0.924. The minimum atomic E-state index is -0.221. The first kappa shape index (κ1) is 13.3. The summed E-state index contributed by atoms with van der Waals surface area (Å²) in [7, 11) is 0. The zero-order valence-electron chi connectivity index (χ0n) is 11.3. The number of aliphatic hydroxyl groups excluding tert-OH is 1. The highest BCUT2D eigenvalue weighted by molar-refractivity contribution is 5.34. The van der Waals surface area contributed by atoms with Gasteiger partial charge in [0.1, 0.15) is 5.82 Å². The molecule has 0 saturated heterocycles. The molecule has 0 amide bonds. The van der Waals surface area contributed by atoms with Crippen LogP contribution in [0.5, 0.6) is 0 Å². The Morgan fingerprint density at radius 2 is 1.90 bits per heavy atom. The Bertz CT molecular complexity index is 563. The van der Waals surface area contributed by atoms with Gasteiger partial charge in [-0.3, -0.25) is 4.98 Å². The number of halogens is 1. The Morgan fingerprint density at radius 3 is 2.40 bits per heavy atom. The summed E-state index contributed by atoms with van der Waals surface area (Å²) >= 11 is 0. The van der Waals surface area contributed by atoms with E-state index in [1.165, 1.54) is 12.1 Å². The molecule has 1 unspecified atom stereocenters. The fourth-order valence-corrected chi connectivity index (χ4v) is 3.31. The Morgan fingerprint density at radius 1 is 1.15 bits per heavy atom. The van der Waals surface area contributed by atoms with Crippen molar-refractivity contribution < 1.29 is 9.50 Å². The molecular weight excluding hydrogens is 253 g/mol. The summed E-state index contributed by atoms with van der Waals surface area (Å²) in [6.07, 6.45) is 4.93. The van der Waals surface area contributed by atoms with Crippen LogP contribution in [0, 0.1) is 5.82 Å². The van der Waals surface area contributed by atoms with Crippen LogP contribution in [-0.4, -0.2) is 16.7 Å². The summed E-state index contributed by atoms with van der Waals surface area (Å²) < 4.78 is 13.1. The van der Waals surface area contributed by atoms with E-state index in [1.54, 1.807) is 6.20 Å². The molecule has 0 aliphatic heterocycles. The number of nitrogens with zero attached hydrogens (tertiary/aromatic N) is 1. The van der Waals surface area contributed by atoms with Crippen molar-refractivity contribution in [3.63, 3.8) is 0 Å². The molecule has 1 N–H and O–H groups in total. The first-order valence-electron chi connectivity index (χ1n) is 7.04. The summed E-state index contributed by atoms with van der Waals surface area (Å²) in [6, 6.07) is 12.5. The molecular formula is C17H18FNO. The van der Waals surface area contributed by atoms with Gasteiger partial charge in [-0.25, -0.2) is 4.39 Å². The molecule has 2 aromatic rings. The molecule has 0 bridgehead atoms. The Balaban J connectivity index is 2.01. The number of aromatic nitrogens is 1. The molecule has 3 heteroatoms. The predicted octanol–water partition coefficient (Wildman–Crippen LogP) is 3.42. The van der Waals surface area contributed by atoms with E-state index in [1.807, 2.05) is 30.3 Å². The van der Waals surface area contributed by atoms with Gasteiger partial charge in [0.05, 0.1) is 6.61 Å². The summed E-state index contributed by atoms with van der Waals surface area (Å²) in [5.74, 6) is -0.246. The van der Waals surface area contributed by atoms with E-state index >= 15 is 0 Å². The van der Waals surface area contributed by atoms with E-state index in [2.05, 4.69) is 4.98 Å². The Kier molecular flexibility index (Phi) is 3.53. The van der Waals surface area contributed by atoms with Crippen molar-refractivity contribution in [2.45, 2.75) is 30.6 Å². The summed E-state index contributed by atoms with van der Waals surface area (Å²) in [6.45, 7) is 0.0639. The topological polar surface area (TPSA) is 33.1 Å². The van der Waals surface area contributed by atoms with Crippen LogP contribution in [0.3, 0.4) is 0 Å². The molecule has 1 saturated carbocycles. The van der Waals surface area contributed by atoms with Crippen LogP contribution in [0.4, 0.5) is 4.39 Å². The van der Waals surface area contributed by atoms with E-state index in [-0.39, 0.29) is 23.8 Å². The van der Waals surface area contributed by atoms with Crippen LogP contribution in [0.1, 0.15) is 36.4 Å². The second-order valence-electron chi connectivity index (χ2n) is 5.51. The molecule has 1 atom stereocenters. The van der Waals surface area contributed by atoms with Crippen LogP contribution >= 0.6 is 0 Å². The first-order valence-corrected chi connectivity index (χ1v) is 7.04. The largest absolute Gasteiger partial charge is 0.396 e. The lowest BCUT2D eigenvalue weighted by atomic mass is 9.57. The van der Waals surface area contributed by atoms with Crippen molar-refractivity contribution in [3.05, 3.63) is 65.7 Å². The second-order valence-corrected chi connectivity index (χ2v) is 5.51. The minimum absolute atomic E-state index is 0.0251. The van der Waals surface area contributed by atoms with Gasteiger partial charge in [0.25, 0.3) is 0 Å². The normalized spacial score (nSPS) is 18.3. The van der Waals surface area contributed by atoms with Gasteiger partial charge in [0, 0.05) is 23.2 Å². The standard InChI is InChI=1S/C17H18FNO/c18-14-7-5-13(6-8-14)17(9-3-10-17)15(12-20)16-4-1-2-11-19-16/h1-2,4-8,11,15,20H,3,9-10,12H2. The van der Waals surface area contributed by atoms with Crippen LogP contribution in [0.15, 0.2) is 48.7 Å². The van der Waals surface area contributed by atoms with E-state index in [0.29, 0.717) is 0 Å². The van der Waals surface area contributed by atoms with Gasteiger partial charge in [-0.15, -0.1) is 0 Å². The van der Waals surface area contributed by atoms with Crippen LogP contribution in [-0.2, 0) is 5.41 Å². The lowest BCUT2D eigenvalue weighted by Gasteiger charge is -2.47. The molecule has 20 heavy (non-hydrogen) atoms. The highest BCUT2D eigenvalue weighted by Crippen LogP contribution is 2.52. The number of aliphatic hydroxyl groups is 1. The zero-order chi connectivity index (χ0) is 14.0. The molecule has 0 radical (unpaired) electrons. The highest BCUT2D eigenvalue weighted by atomic mass is 19.1. The van der Waals surface area contributed by atoms with Crippen molar-refractivity contribution in [2.24, 2.45) is 0 Å². The van der Waals surface area contributed by atoms with Gasteiger partial charge in [-0.05, 0) is 42.7 Å². The minimum Gasteiger partial charge on any atom is -0.396 e. The van der Waals surface area contributed by atoms with E-state index in [9.17, 15) is 9.50 Å². The van der Waals surface area contributed by atoms with Gasteiger partial charge in [0.2, 0.25) is 0 Å². The molecule has 1 fully saturated rings. The van der Waals surface area contributed by atoms with Crippen molar-refractivity contribution >= 4 is 0 Å². The maximum atomic E-state index is 13.1. The molecule has 0 spiro atoms. The van der Waals surface area contributed by atoms with E-state index in [0.717, 1.165) is 30.5 Å². The molecule has 104 valence electrons. The maximum absolute atomic E-state index is 13.1. The zero-order valence-corrected chi connectivity index (χ0v) is 11.3. The number of benzene rings is 1. The fraction of sp³-hybridized carbons (Fsp3) is 0.353. The number of pyridine rings is 1. The lowest BCUT2D eigenvalue weighted by molar-refractivity contribution is 0.130.